The van der Waals surface area contributed by atoms with Gasteiger partial charge < -0.3 is 44.0 Å². The number of aliphatic imine (C=N–C) groups is 1. The average molecular weight is 675 g/mol. The van der Waals surface area contributed by atoms with Crippen LogP contribution in [-0.4, -0.2) is 129 Å². The zero-order chi connectivity index (χ0) is 38.8. The van der Waals surface area contributed by atoms with E-state index in [4.69, 9.17) is 85.7 Å². The van der Waals surface area contributed by atoms with Crippen LogP contribution in [0.1, 0.15) is 54.4 Å². The number of nitrogens with two attached hydrogens (primary N) is 4. The first-order valence-corrected chi connectivity index (χ1v) is 16.3. The zero-order valence-electron chi connectivity index (χ0n) is 29.2. The maximum atomic E-state index is 14.0. The van der Waals surface area contributed by atoms with E-state index in [2.05, 4.69) is 20.9 Å². The summed E-state index contributed by atoms with van der Waals surface area (Å²) in [6, 6.07) is 0.758. The van der Waals surface area contributed by atoms with E-state index in [0.29, 0.717) is 36.0 Å². The van der Waals surface area contributed by atoms with Crippen LogP contribution in [0.4, 0.5) is 0 Å². The highest BCUT2D eigenvalue weighted by atomic mass is 16.3. The Morgan fingerprint density at radius 2 is 1.43 bits per heavy atom. The van der Waals surface area contributed by atoms with Gasteiger partial charge in [0.25, 0.3) is 0 Å². The number of amides is 3. The van der Waals surface area contributed by atoms with Gasteiger partial charge in [-0.25, -0.2) is 0 Å². The Bertz CT molecular complexity index is 1570. The molecule has 0 spiro atoms. The van der Waals surface area contributed by atoms with Gasteiger partial charge in [-0.1, -0.05) is 17.2 Å². The van der Waals surface area contributed by atoms with Crippen LogP contribution in [0.3, 0.4) is 0 Å². The van der Waals surface area contributed by atoms with Crippen molar-refractivity contribution in [2.75, 3.05) is 19.6 Å². The molecule has 0 heterocycles. The zero-order valence-corrected chi connectivity index (χ0v) is 29.2. The van der Waals surface area contributed by atoms with Crippen molar-refractivity contribution >= 4 is 114 Å². The Kier molecular flexibility index (Phi) is 16.0. The summed E-state index contributed by atoms with van der Waals surface area (Å²) in [4.78, 5) is 44.9. The molecule has 3 atom stereocenters. The summed E-state index contributed by atoms with van der Waals surface area (Å²) in [7, 11) is 49.4. The van der Waals surface area contributed by atoms with Crippen molar-refractivity contribution in [2.45, 2.75) is 75.1 Å². The molecule has 0 saturated heterocycles. The number of guanidine groups is 1. The lowest BCUT2D eigenvalue weighted by atomic mass is 9.45. The number of unbranched alkanes of at least 4 members (excludes halogenated alkanes) is 1. The van der Waals surface area contributed by atoms with Crippen LogP contribution in [0.25, 0.3) is 0 Å². The summed E-state index contributed by atoms with van der Waals surface area (Å²) >= 11 is 0. The van der Waals surface area contributed by atoms with E-state index in [9.17, 15) is 19.5 Å². The van der Waals surface area contributed by atoms with Gasteiger partial charge in [0, 0.05) is 19.5 Å². The second-order valence-corrected chi connectivity index (χ2v) is 12.8. The van der Waals surface area contributed by atoms with E-state index in [-0.39, 0.29) is 76.9 Å². The largest absolute Gasteiger partial charge is 0.508 e. The van der Waals surface area contributed by atoms with Crippen LogP contribution in [0, 0.1) is 13.8 Å². The predicted octanol–water partition coefficient (Wildman–Crippen LogP) is -7.20. The Hall–Kier alpha value is -3.64. The standard InChI is InChI=1S/C31H40B8N8O4/c1-14-10-16(48)11-15(2)17(14)12-19(46-26(49)18(41)6-5-9-44-29(42)43)27(50)47-31(39,7-3-4-8-40)28(51)45-13-30(37,38)20-21(32)23(34)25(36)24(35)22(20)33/h10-11,18-19,48H,3-9,12-13,40-41H2,1-2H3,(H,45,51)(H,46,49)(H,47,50)(H4,42,43,44)/t18-,19+,31+/m1/s1. The number of rotatable bonds is 18. The van der Waals surface area contributed by atoms with Crippen molar-refractivity contribution in [1.29, 1.82) is 0 Å². The average Bonchev–Trinajstić information content (AvgIpc) is 3.04. The second-order valence-electron chi connectivity index (χ2n) is 12.8. The smallest absolute Gasteiger partial charge is 0.243 e. The summed E-state index contributed by atoms with van der Waals surface area (Å²) in [5.41, 5.74) is 21.9. The van der Waals surface area contributed by atoms with E-state index in [0.717, 1.165) is 0 Å². The number of nitrogens with zero attached hydrogens (tertiary/aromatic N) is 1. The van der Waals surface area contributed by atoms with Gasteiger partial charge in [0.1, 0.15) is 58.9 Å². The lowest BCUT2D eigenvalue weighted by Crippen LogP contribution is -2.65. The van der Waals surface area contributed by atoms with E-state index >= 15 is 0 Å². The molecule has 2 aromatic rings. The number of aryl methyl sites for hydroxylation is 2. The quantitative estimate of drug-likeness (QED) is 0.0327. The van der Waals surface area contributed by atoms with Crippen molar-refractivity contribution in [3.8, 4) is 5.75 Å². The molecule has 0 saturated carbocycles. The minimum Gasteiger partial charge on any atom is -0.508 e. The third kappa shape index (κ3) is 11.7. The Labute approximate surface area is 311 Å². The molecule has 51 heavy (non-hydrogen) atoms. The van der Waals surface area contributed by atoms with E-state index in [1.165, 1.54) is 12.1 Å². The number of aromatic hydroxyl groups is 1. The summed E-state index contributed by atoms with van der Waals surface area (Å²) in [6.45, 7) is 3.54. The molecule has 0 fully saturated rings. The molecular weight excluding hydrogens is 635 g/mol. The first-order valence-electron chi connectivity index (χ1n) is 16.3. The van der Waals surface area contributed by atoms with Crippen molar-refractivity contribution in [2.24, 2.45) is 27.9 Å². The van der Waals surface area contributed by atoms with Crippen LogP contribution in [-0.2, 0) is 26.0 Å². The number of carbonyl (C=O) groups excluding carboxylic acids is 3. The first kappa shape index (κ1) is 43.5. The number of nitrogens with one attached hydrogen (secondary N) is 3. The third-order valence-electron chi connectivity index (χ3n) is 8.51. The highest BCUT2D eigenvalue weighted by Crippen LogP contribution is 2.23. The fourth-order valence-electron chi connectivity index (χ4n) is 5.55. The van der Waals surface area contributed by atoms with Crippen LogP contribution in [0.5, 0.6) is 5.75 Å². The second kappa shape index (κ2) is 18.7. The van der Waals surface area contributed by atoms with Crippen molar-refractivity contribution in [3.63, 3.8) is 0 Å². The van der Waals surface area contributed by atoms with Crippen molar-refractivity contribution < 1.29 is 19.5 Å². The van der Waals surface area contributed by atoms with Gasteiger partial charge in [0.05, 0.1) is 27.2 Å². The van der Waals surface area contributed by atoms with Crippen molar-refractivity contribution in [1.82, 2.24) is 16.0 Å². The fraction of sp³-hybridized carbons (Fsp3) is 0.484. The lowest BCUT2D eigenvalue weighted by Gasteiger charge is -2.37. The van der Waals surface area contributed by atoms with Crippen LogP contribution in [0.2, 0.25) is 0 Å². The Morgan fingerprint density at radius 3 is 1.96 bits per heavy atom. The maximum Gasteiger partial charge on any atom is 0.243 e. The van der Waals surface area contributed by atoms with Gasteiger partial charge in [-0.3, -0.25) is 19.4 Å². The molecule has 0 aliphatic heterocycles. The number of phenols is 1. The van der Waals surface area contributed by atoms with Crippen LogP contribution in [0.15, 0.2) is 17.1 Å². The first-order chi connectivity index (χ1) is 23.7. The highest BCUT2D eigenvalue weighted by molar-refractivity contribution is 6.68. The van der Waals surface area contributed by atoms with Gasteiger partial charge in [0.15, 0.2) is 5.96 Å². The van der Waals surface area contributed by atoms with Crippen LogP contribution < -0.4 is 66.2 Å². The molecule has 3 amide bonds. The van der Waals surface area contributed by atoms with Gasteiger partial charge in [0.2, 0.25) is 17.7 Å². The van der Waals surface area contributed by atoms with E-state index in [1.54, 1.807) is 13.8 Å². The summed E-state index contributed by atoms with van der Waals surface area (Å²) < 4.78 is 0. The normalized spacial score (nSPS) is 13.7. The third-order valence-corrected chi connectivity index (χ3v) is 8.51. The van der Waals surface area contributed by atoms with Gasteiger partial charge in [-0.2, -0.15) is 0 Å². The molecule has 12 nitrogen and oxygen atoms in total. The summed E-state index contributed by atoms with van der Waals surface area (Å²) in [6.07, 6.45) is 1.29. The number of hydrogen-bond donors (Lipinski definition) is 8. The summed E-state index contributed by atoms with van der Waals surface area (Å²) in [5, 5.41) is 16.0. The molecule has 0 aliphatic carbocycles. The molecule has 16 radical (unpaired) electrons. The monoisotopic (exact) mass is 676 g/mol. The molecule has 20 heteroatoms. The number of benzene rings is 2. The maximum absolute atomic E-state index is 14.0. The molecule has 252 valence electrons. The fourth-order valence-corrected chi connectivity index (χ4v) is 5.55. The molecule has 2 rings (SSSR count). The molecule has 0 aromatic heterocycles. The molecule has 0 unspecified atom stereocenters. The van der Waals surface area contributed by atoms with Crippen LogP contribution >= 0.6 is 0 Å². The molecule has 2 aromatic carbocycles. The molecule has 12 N–H and O–H groups in total. The predicted molar refractivity (Wildman–Crippen MR) is 210 cm³/mol. The number of carbonyl (C=O) groups is 3. The number of hydrogen-bond acceptors (Lipinski definition) is 7. The minimum absolute atomic E-state index is 0.0304. The minimum atomic E-state index is -2.05. The molecule has 0 bridgehead atoms. The van der Waals surface area contributed by atoms with E-state index in [1.807, 2.05) is 0 Å². The highest BCUT2D eigenvalue weighted by Gasteiger charge is 2.38. The van der Waals surface area contributed by atoms with E-state index < -0.39 is 47.0 Å². The Balaban J connectivity index is 2.42. The number of phenolic OH excluding ortho intramolecular Hbond substituents is 1. The molecule has 0 aliphatic rings. The summed E-state index contributed by atoms with van der Waals surface area (Å²) in [5.74, 6) is -2.38. The molecular formula is C31H40B8N8O4. The lowest BCUT2D eigenvalue weighted by molar-refractivity contribution is -0.133. The van der Waals surface area contributed by atoms with Crippen molar-refractivity contribution in [3.05, 3.63) is 34.4 Å². The van der Waals surface area contributed by atoms with Gasteiger partial charge >= 0.3 is 0 Å². The SMILES string of the molecule is [B]c1c([B])c([B])c(C([B])([B])CNC(=O)[C@]([B])(CCCCN)NC(=O)[C@H](Cc2c(C)cc(O)cc2C)NC(=O)[C@H](N)CCCN=C(N)N)c([B])c1[B]. The topological polar surface area (TPSA) is 224 Å². The Morgan fingerprint density at radius 1 is 0.882 bits per heavy atom. The van der Waals surface area contributed by atoms with Gasteiger partial charge in [-0.15, -0.1) is 27.3 Å². The van der Waals surface area contributed by atoms with Gasteiger partial charge in [-0.05, 0) is 74.9 Å².